The first-order chi connectivity index (χ1) is 11.8. The third kappa shape index (κ3) is 3.93. The molecule has 0 heterocycles. The number of hydrogen-bond acceptors (Lipinski definition) is 2. The Labute approximate surface area is 150 Å². The van der Waals surface area contributed by atoms with E-state index in [1.165, 1.54) is 6.07 Å². The minimum atomic E-state index is -4.43. The SMILES string of the molecule is Nc1cccc(C2(NCCc3ccc(Cl)c(C(F)(F)F)c3)CCC2)c1. The van der Waals surface area contributed by atoms with Gasteiger partial charge in [0, 0.05) is 11.2 Å². The Kier molecular flexibility index (Phi) is 4.98. The van der Waals surface area contributed by atoms with Gasteiger partial charge in [-0.3, -0.25) is 0 Å². The third-order valence-electron chi connectivity index (χ3n) is 4.86. The fourth-order valence-corrected chi connectivity index (χ4v) is 3.55. The highest BCUT2D eigenvalue weighted by molar-refractivity contribution is 6.31. The molecule has 1 saturated carbocycles. The molecule has 1 aliphatic carbocycles. The maximum Gasteiger partial charge on any atom is 0.417 e. The molecular formula is C19H20ClF3N2. The van der Waals surface area contributed by atoms with Gasteiger partial charge in [0.2, 0.25) is 0 Å². The number of rotatable bonds is 5. The minimum Gasteiger partial charge on any atom is -0.399 e. The fraction of sp³-hybridized carbons (Fsp3) is 0.368. The van der Waals surface area contributed by atoms with Crippen LogP contribution in [0, 0.1) is 0 Å². The maximum atomic E-state index is 13.0. The minimum absolute atomic E-state index is 0.116. The predicted octanol–water partition coefficient (Wildman–Crippen LogP) is 5.15. The van der Waals surface area contributed by atoms with Crippen LogP contribution in [0.2, 0.25) is 5.02 Å². The zero-order valence-electron chi connectivity index (χ0n) is 13.7. The molecule has 0 bridgehead atoms. The standard InChI is InChI=1S/C19H20ClF3N2/c20-17-6-5-13(11-16(17)19(21,22)23)7-10-25-18(8-2-9-18)14-3-1-4-15(24)12-14/h1,3-6,11-12,25H,2,7-10,24H2. The van der Waals surface area contributed by atoms with Crippen LogP contribution in [-0.2, 0) is 18.1 Å². The average molecular weight is 369 g/mol. The first-order valence-corrected chi connectivity index (χ1v) is 8.65. The lowest BCUT2D eigenvalue weighted by molar-refractivity contribution is -0.137. The molecule has 2 nitrogen and oxygen atoms in total. The van der Waals surface area contributed by atoms with Gasteiger partial charge in [-0.05, 0) is 67.6 Å². The van der Waals surface area contributed by atoms with Gasteiger partial charge in [0.1, 0.15) is 0 Å². The number of hydrogen-bond donors (Lipinski definition) is 2. The van der Waals surface area contributed by atoms with E-state index in [4.69, 9.17) is 17.3 Å². The van der Waals surface area contributed by atoms with Crippen LogP contribution in [0.4, 0.5) is 18.9 Å². The molecule has 25 heavy (non-hydrogen) atoms. The van der Waals surface area contributed by atoms with Gasteiger partial charge in [-0.2, -0.15) is 13.2 Å². The molecule has 0 spiro atoms. The molecule has 0 aliphatic heterocycles. The lowest BCUT2D eigenvalue weighted by Crippen LogP contribution is -2.48. The number of nitrogen functional groups attached to an aromatic ring is 1. The second-order valence-electron chi connectivity index (χ2n) is 6.55. The molecule has 2 aromatic carbocycles. The molecule has 6 heteroatoms. The number of benzene rings is 2. The van der Waals surface area contributed by atoms with Gasteiger partial charge in [-0.15, -0.1) is 0 Å². The van der Waals surface area contributed by atoms with Gasteiger partial charge in [0.15, 0.2) is 0 Å². The van der Waals surface area contributed by atoms with E-state index in [2.05, 4.69) is 5.32 Å². The Hall–Kier alpha value is -1.72. The highest BCUT2D eigenvalue weighted by Crippen LogP contribution is 2.41. The van der Waals surface area contributed by atoms with E-state index < -0.39 is 11.7 Å². The van der Waals surface area contributed by atoms with E-state index in [1.807, 2.05) is 24.3 Å². The van der Waals surface area contributed by atoms with E-state index in [0.29, 0.717) is 18.5 Å². The first-order valence-electron chi connectivity index (χ1n) is 8.27. The van der Waals surface area contributed by atoms with Gasteiger partial charge >= 0.3 is 6.18 Å². The molecule has 0 amide bonds. The summed E-state index contributed by atoms with van der Waals surface area (Å²) in [5.41, 5.74) is 7.47. The number of alkyl halides is 3. The van der Waals surface area contributed by atoms with Crippen LogP contribution < -0.4 is 11.1 Å². The number of anilines is 1. The molecule has 3 rings (SSSR count). The van der Waals surface area contributed by atoms with Crippen LogP contribution in [0.15, 0.2) is 42.5 Å². The van der Waals surface area contributed by atoms with Crippen molar-refractivity contribution in [1.82, 2.24) is 5.32 Å². The maximum absolute atomic E-state index is 13.0. The predicted molar refractivity (Wildman–Crippen MR) is 94.5 cm³/mol. The summed E-state index contributed by atoms with van der Waals surface area (Å²) in [5.74, 6) is 0. The topological polar surface area (TPSA) is 38.0 Å². The fourth-order valence-electron chi connectivity index (χ4n) is 3.33. The summed E-state index contributed by atoms with van der Waals surface area (Å²) < 4.78 is 38.9. The van der Waals surface area contributed by atoms with Crippen molar-refractivity contribution < 1.29 is 13.2 Å². The van der Waals surface area contributed by atoms with Crippen LogP contribution in [0.3, 0.4) is 0 Å². The largest absolute Gasteiger partial charge is 0.417 e. The van der Waals surface area contributed by atoms with Crippen LogP contribution in [-0.4, -0.2) is 6.54 Å². The Morgan fingerprint density at radius 2 is 1.88 bits per heavy atom. The summed E-state index contributed by atoms with van der Waals surface area (Å²) in [6.45, 7) is 0.591. The quantitative estimate of drug-likeness (QED) is 0.716. The van der Waals surface area contributed by atoms with E-state index in [0.717, 1.165) is 36.6 Å². The van der Waals surface area contributed by atoms with Gasteiger partial charge < -0.3 is 11.1 Å². The average Bonchev–Trinajstić information content (AvgIpc) is 2.50. The molecule has 134 valence electrons. The highest BCUT2D eigenvalue weighted by atomic mass is 35.5. The lowest BCUT2D eigenvalue weighted by atomic mass is 9.71. The molecule has 0 unspecified atom stereocenters. The Morgan fingerprint density at radius 3 is 2.48 bits per heavy atom. The summed E-state index contributed by atoms with van der Waals surface area (Å²) in [7, 11) is 0. The van der Waals surface area contributed by atoms with Crippen molar-refractivity contribution in [3.05, 3.63) is 64.2 Å². The van der Waals surface area contributed by atoms with Crippen LogP contribution in [0.1, 0.15) is 36.0 Å². The summed E-state index contributed by atoms with van der Waals surface area (Å²) in [6.07, 6.45) is -0.793. The number of halogens is 4. The molecule has 0 radical (unpaired) electrons. The molecule has 2 aromatic rings. The van der Waals surface area contributed by atoms with Gasteiger partial charge in [0.25, 0.3) is 0 Å². The van der Waals surface area contributed by atoms with Gasteiger partial charge in [-0.1, -0.05) is 29.8 Å². The normalized spacial score (nSPS) is 16.5. The van der Waals surface area contributed by atoms with Crippen molar-refractivity contribution >= 4 is 17.3 Å². The summed E-state index contributed by atoms with van der Waals surface area (Å²) in [5, 5.41) is 3.26. The summed E-state index contributed by atoms with van der Waals surface area (Å²) >= 11 is 5.67. The molecule has 1 fully saturated rings. The summed E-state index contributed by atoms with van der Waals surface area (Å²) in [4.78, 5) is 0. The first kappa shape index (κ1) is 18.1. The molecule has 1 aliphatic rings. The van der Waals surface area contributed by atoms with Crippen molar-refractivity contribution in [1.29, 1.82) is 0 Å². The molecule has 0 saturated heterocycles. The van der Waals surface area contributed by atoms with Crippen LogP contribution in [0.5, 0.6) is 0 Å². The zero-order valence-corrected chi connectivity index (χ0v) is 14.4. The third-order valence-corrected chi connectivity index (χ3v) is 5.19. The van der Waals surface area contributed by atoms with Crippen molar-refractivity contribution in [3.63, 3.8) is 0 Å². The van der Waals surface area contributed by atoms with Gasteiger partial charge in [0.05, 0.1) is 10.6 Å². The zero-order chi connectivity index (χ0) is 18.1. The van der Waals surface area contributed by atoms with E-state index in [-0.39, 0.29) is 10.6 Å². The highest BCUT2D eigenvalue weighted by Gasteiger charge is 2.38. The summed E-state index contributed by atoms with van der Waals surface area (Å²) in [6, 6.07) is 11.9. The smallest absolute Gasteiger partial charge is 0.399 e. The second kappa shape index (κ2) is 6.89. The van der Waals surface area contributed by atoms with E-state index in [9.17, 15) is 13.2 Å². The Morgan fingerprint density at radius 1 is 1.12 bits per heavy atom. The van der Waals surface area contributed by atoms with Crippen LogP contribution in [0.25, 0.3) is 0 Å². The lowest BCUT2D eigenvalue weighted by Gasteiger charge is -2.43. The Bertz CT molecular complexity index is 755. The van der Waals surface area contributed by atoms with E-state index >= 15 is 0 Å². The molecular weight excluding hydrogens is 349 g/mol. The van der Waals surface area contributed by atoms with Crippen molar-refractivity contribution in [2.75, 3.05) is 12.3 Å². The van der Waals surface area contributed by atoms with Gasteiger partial charge in [-0.25, -0.2) is 0 Å². The van der Waals surface area contributed by atoms with E-state index in [1.54, 1.807) is 6.07 Å². The molecule has 0 aromatic heterocycles. The molecule has 3 N–H and O–H groups in total. The van der Waals surface area contributed by atoms with Crippen molar-refractivity contribution in [3.8, 4) is 0 Å². The van der Waals surface area contributed by atoms with Crippen molar-refractivity contribution in [2.45, 2.75) is 37.4 Å². The number of nitrogens with one attached hydrogen (secondary N) is 1. The van der Waals surface area contributed by atoms with Crippen LogP contribution >= 0.6 is 11.6 Å². The second-order valence-corrected chi connectivity index (χ2v) is 6.96. The Balaban J connectivity index is 1.68. The monoisotopic (exact) mass is 368 g/mol. The number of nitrogens with two attached hydrogens (primary N) is 1. The molecule has 0 atom stereocenters. The van der Waals surface area contributed by atoms with Crippen molar-refractivity contribution in [2.24, 2.45) is 0 Å².